The Balaban J connectivity index is 1.91. The summed E-state index contributed by atoms with van der Waals surface area (Å²) in [5.74, 6) is -0.307. The van der Waals surface area contributed by atoms with Crippen LogP contribution in [0.5, 0.6) is 0 Å². The van der Waals surface area contributed by atoms with Gasteiger partial charge in [-0.15, -0.1) is 0 Å². The number of fused-ring (bicyclic) bond motifs is 1. The lowest BCUT2D eigenvalue weighted by molar-refractivity contribution is -0.125. The van der Waals surface area contributed by atoms with Gasteiger partial charge in [0.1, 0.15) is 11.7 Å². The number of aromatic nitrogens is 4. The molecule has 2 amide bonds. The van der Waals surface area contributed by atoms with Gasteiger partial charge >= 0.3 is 0 Å². The van der Waals surface area contributed by atoms with Crippen molar-refractivity contribution in [1.29, 1.82) is 0 Å². The van der Waals surface area contributed by atoms with Crippen LogP contribution in [0.3, 0.4) is 0 Å². The van der Waals surface area contributed by atoms with Crippen LogP contribution in [0.25, 0.3) is 0 Å². The molecular weight excluding hydrogens is 272 g/mol. The summed E-state index contributed by atoms with van der Waals surface area (Å²) in [4.78, 5) is 26.2. The van der Waals surface area contributed by atoms with E-state index in [4.69, 9.17) is 0 Å². The summed E-state index contributed by atoms with van der Waals surface area (Å²) >= 11 is 0. The van der Waals surface area contributed by atoms with E-state index in [1.807, 2.05) is 6.07 Å². The maximum Gasteiger partial charge on any atom is 0.272 e. The van der Waals surface area contributed by atoms with E-state index in [0.717, 1.165) is 5.69 Å². The van der Waals surface area contributed by atoms with Gasteiger partial charge in [0.05, 0.1) is 18.8 Å². The topological polar surface area (TPSA) is 85.1 Å². The molecule has 0 fully saturated rings. The number of nitrogens with zero attached hydrogens (tertiary/aromatic N) is 5. The van der Waals surface area contributed by atoms with Crippen LogP contribution in [0.15, 0.2) is 24.5 Å². The average molecular weight is 288 g/mol. The first-order chi connectivity index (χ1) is 10.1. The lowest BCUT2D eigenvalue weighted by Gasteiger charge is -2.32. The third kappa shape index (κ3) is 2.18. The summed E-state index contributed by atoms with van der Waals surface area (Å²) in [6.07, 6.45) is 3.22. The van der Waals surface area contributed by atoms with Crippen LogP contribution in [0.4, 0.5) is 0 Å². The predicted octanol–water partition coefficient (Wildman–Crippen LogP) is -0.440. The van der Waals surface area contributed by atoms with E-state index >= 15 is 0 Å². The molecule has 0 aromatic carbocycles. The maximum absolute atomic E-state index is 12.6. The van der Waals surface area contributed by atoms with Gasteiger partial charge in [-0.2, -0.15) is 10.2 Å². The highest BCUT2D eigenvalue weighted by atomic mass is 16.2. The van der Waals surface area contributed by atoms with Crippen LogP contribution in [-0.4, -0.2) is 49.9 Å². The molecule has 3 rings (SSSR count). The summed E-state index contributed by atoms with van der Waals surface area (Å²) in [6, 6.07) is 2.98. The standard InChI is InChI=1S/C13H16N6O2/c1-14-12(20)11-8-18(7-9-3-5-16-19(9)11)13(21)10-4-6-15-17(10)2/h3-6,11H,7-8H2,1-2H3,(H,14,20). The highest BCUT2D eigenvalue weighted by Crippen LogP contribution is 2.22. The summed E-state index contributed by atoms with van der Waals surface area (Å²) in [5.41, 5.74) is 1.34. The summed E-state index contributed by atoms with van der Waals surface area (Å²) in [6.45, 7) is 0.718. The van der Waals surface area contributed by atoms with Crippen LogP contribution in [-0.2, 0) is 18.4 Å². The molecule has 0 radical (unpaired) electrons. The zero-order valence-electron chi connectivity index (χ0n) is 11.9. The second-order valence-corrected chi connectivity index (χ2v) is 4.92. The molecule has 0 saturated heterocycles. The normalized spacial score (nSPS) is 17.4. The molecule has 0 aliphatic carbocycles. The lowest BCUT2D eigenvalue weighted by Crippen LogP contribution is -2.46. The van der Waals surface area contributed by atoms with Gasteiger partial charge in [0, 0.05) is 26.5 Å². The van der Waals surface area contributed by atoms with Gasteiger partial charge in [-0.3, -0.25) is 19.0 Å². The van der Waals surface area contributed by atoms with E-state index in [0.29, 0.717) is 18.8 Å². The van der Waals surface area contributed by atoms with E-state index in [1.165, 1.54) is 4.68 Å². The molecule has 2 aromatic heterocycles. The van der Waals surface area contributed by atoms with E-state index in [2.05, 4.69) is 15.5 Å². The number of aryl methyl sites for hydroxylation is 1. The minimum atomic E-state index is -0.508. The molecule has 21 heavy (non-hydrogen) atoms. The first kappa shape index (κ1) is 13.3. The van der Waals surface area contributed by atoms with Gasteiger partial charge in [0.15, 0.2) is 0 Å². The Morgan fingerprint density at radius 1 is 1.29 bits per heavy atom. The third-order valence-corrected chi connectivity index (χ3v) is 3.67. The minimum absolute atomic E-state index is 0.142. The second-order valence-electron chi connectivity index (χ2n) is 4.92. The van der Waals surface area contributed by atoms with E-state index < -0.39 is 6.04 Å². The number of likely N-dealkylation sites (N-methyl/N-ethyl adjacent to an activating group) is 1. The SMILES string of the molecule is CNC(=O)C1CN(C(=O)c2ccnn2C)Cc2ccnn21. The fraction of sp³-hybridized carbons (Fsp3) is 0.385. The highest BCUT2D eigenvalue weighted by Gasteiger charge is 2.33. The Morgan fingerprint density at radius 2 is 2.05 bits per heavy atom. The van der Waals surface area contributed by atoms with Crippen LogP contribution >= 0.6 is 0 Å². The van der Waals surface area contributed by atoms with Crippen LogP contribution in [0.2, 0.25) is 0 Å². The quantitative estimate of drug-likeness (QED) is 0.812. The van der Waals surface area contributed by atoms with Crippen molar-refractivity contribution in [2.24, 2.45) is 7.05 Å². The first-order valence-corrected chi connectivity index (χ1v) is 6.63. The maximum atomic E-state index is 12.6. The number of amides is 2. The highest BCUT2D eigenvalue weighted by molar-refractivity contribution is 5.93. The molecule has 1 atom stereocenters. The first-order valence-electron chi connectivity index (χ1n) is 6.63. The van der Waals surface area contributed by atoms with Gasteiger partial charge in [-0.05, 0) is 12.1 Å². The molecular formula is C13H16N6O2. The fourth-order valence-corrected chi connectivity index (χ4v) is 2.55. The van der Waals surface area contributed by atoms with Crippen LogP contribution < -0.4 is 5.32 Å². The zero-order chi connectivity index (χ0) is 15.0. The molecule has 0 bridgehead atoms. The molecule has 1 aliphatic heterocycles. The van der Waals surface area contributed by atoms with Crippen molar-refractivity contribution in [3.05, 3.63) is 35.9 Å². The summed E-state index contributed by atoms with van der Waals surface area (Å²) in [7, 11) is 3.30. The smallest absolute Gasteiger partial charge is 0.272 e. The summed E-state index contributed by atoms with van der Waals surface area (Å²) in [5, 5.41) is 10.8. The van der Waals surface area contributed by atoms with Gasteiger partial charge in [-0.25, -0.2) is 0 Å². The largest absolute Gasteiger partial charge is 0.357 e. The summed E-state index contributed by atoms with van der Waals surface area (Å²) < 4.78 is 3.20. The van der Waals surface area contributed by atoms with Gasteiger partial charge in [-0.1, -0.05) is 0 Å². The van der Waals surface area contributed by atoms with Crippen molar-refractivity contribution in [3.8, 4) is 0 Å². The molecule has 110 valence electrons. The van der Waals surface area contributed by atoms with E-state index in [9.17, 15) is 9.59 Å². The van der Waals surface area contributed by atoms with Crippen molar-refractivity contribution in [3.63, 3.8) is 0 Å². The number of rotatable bonds is 2. The Labute approximate surface area is 121 Å². The number of hydrogen-bond donors (Lipinski definition) is 1. The molecule has 1 N–H and O–H groups in total. The van der Waals surface area contributed by atoms with Crippen molar-refractivity contribution in [2.75, 3.05) is 13.6 Å². The number of nitrogens with one attached hydrogen (secondary N) is 1. The van der Waals surface area contributed by atoms with Gasteiger partial charge < -0.3 is 10.2 Å². The van der Waals surface area contributed by atoms with E-state index in [-0.39, 0.29) is 11.8 Å². The second kappa shape index (κ2) is 5.04. The zero-order valence-corrected chi connectivity index (χ0v) is 11.9. The molecule has 2 aromatic rings. The van der Waals surface area contributed by atoms with Crippen LogP contribution in [0, 0.1) is 0 Å². The molecule has 3 heterocycles. The number of carbonyl (C=O) groups excluding carboxylic acids is 2. The Kier molecular flexibility index (Phi) is 3.20. The molecule has 1 aliphatic rings. The number of carbonyl (C=O) groups is 2. The predicted molar refractivity (Wildman–Crippen MR) is 73.3 cm³/mol. The average Bonchev–Trinajstić information content (AvgIpc) is 3.12. The minimum Gasteiger partial charge on any atom is -0.357 e. The Bertz CT molecular complexity index is 688. The van der Waals surface area contributed by atoms with Gasteiger partial charge in [0.25, 0.3) is 5.91 Å². The van der Waals surface area contributed by atoms with Crippen LogP contribution in [0.1, 0.15) is 22.2 Å². The Morgan fingerprint density at radius 3 is 2.71 bits per heavy atom. The lowest BCUT2D eigenvalue weighted by atomic mass is 10.1. The van der Waals surface area contributed by atoms with Gasteiger partial charge in [0.2, 0.25) is 5.91 Å². The van der Waals surface area contributed by atoms with Crippen molar-refractivity contribution >= 4 is 11.8 Å². The van der Waals surface area contributed by atoms with Crippen molar-refractivity contribution < 1.29 is 9.59 Å². The molecule has 8 nitrogen and oxygen atoms in total. The third-order valence-electron chi connectivity index (χ3n) is 3.67. The molecule has 0 spiro atoms. The fourth-order valence-electron chi connectivity index (χ4n) is 2.55. The molecule has 1 unspecified atom stereocenters. The Hall–Kier alpha value is -2.64. The van der Waals surface area contributed by atoms with E-state index in [1.54, 1.807) is 42.1 Å². The van der Waals surface area contributed by atoms with Crippen molar-refractivity contribution in [1.82, 2.24) is 29.8 Å². The molecule has 8 heteroatoms. The number of hydrogen-bond acceptors (Lipinski definition) is 4. The molecule has 0 saturated carbocycles. The monoisotopic (exact) mass is 288 g/mol. The van der Waals surface area contributed by atoms with Crippen molar-refractivity contribution in [2.45, 2.75) is 12.6 Å².